The van der Waals surface area contributed by atoms with Crippen LogP contribution in [0.4, 0.5) is 0 Å². The third-order valence-electron chi connectivity index (χ3n) is 2.71. The molecule has 0 unspecified atom stereocenters. The molecule has 3 heteroatoms. The zero-order valence-corrected chi connectivity index (χ0v) is 7.75. The highest BCUT2D eigenvalue weighted by Crippen LogP contribution is 2.24. The minimum absolute atomic E-state index is 0.637. The number of nitrogens with zero attached hydrogens (tertiary/aromatic N) is 1. The first-order valence-electron chi connectivity index (χ1n) is 4.87. The van der Waals surface area contributed by atoms with Crippen molar-refractivity contribution in [1.29, 1.82) is 0 Å². The molecular weight excluding hydrogens is 152 g/mol. The molecule has 0 amide bonds. The van der Waals surface area contributed by atoms with Crippen molar-refractivity contribution < 1.29 is 4.74 Å². The number of rotatable bonds is 5. The van der Waals surface area contributed by atoms with Crippen molar-refractivity contribution in [2.45, 2.75) is 24.9 Å². The average molecular weight is 170 g/mol. The van der Waals surface area contributed by atoms with Crippen molar-refractivity contribution in [3.63, 3.8) is 0 Å². The summed E-state index contributed by atoms with van der Waals surface area (Å²) in [6.07, 6.45) is 2.81. The van der Waals surface area contributed by atoms with Crippen LogP contribution >= 0.6 is 0 Å². The molecule has 1 saturated heterocycles. The van der Waals surface area contributed by atoms with Gasteiger partial charge in [0.2, 0.25) is 0 Å². The second-order valence-corrected chi connectivity index (χ2v) is 3.90. The van der Waals surface area contributed by atoms with Crippen LogP contribution in [0.1, 0.15) is 12.8 Å². The second-order valence-electron chi connectivity index (χ2n) is 3.90. The van der Waals surface area contributed by atoms with E-state index in [1.807, 2.05) is 0 Å². The molecular formula is C9H18N2O. The van der Waals surface area contributed by atoms with E-state index in [9.17, 15) is 0 Å². The third-order valence-corrected chi connectivity index (χ3v) is 2.71. The minimum atomic E-state index is 0.637. The molecule has 0 bridgehead atoms. The van der Waals surface area contributed by atoms with E-state index in [1.54, 1.807) is 0 Å². The Morgan fingerprint density at radius 3 is 2.67 bits per heavy atom. The van der Waals surface area contributed by atoms with Crippen molar-refractivity contribution >= 4 is 0 Å². The summed E-state index contributed by atoms with van der Waals surface area (Å²) in [5, 5.41) is 3.47. The van der Waals surface area contributed by atoms with Gasteiger partial charge in [-0.2, -0.15) is 0 Å². The monoisotopic (exact) mass is 170 g/mol. The lowest BCUT2D eigenvalue weighted by atomic mass is 10.2. The molecule has 3 nitrogen and oxygen atoms in total. The van der Waals surface area contributed by atoms with Gasteiger partial charge >= 0.3 is 0 Å². The Morgan fingerprint density at radius 1 is 1.42 bits per heavy atom. The summed E-state index contributed by atoms with van der Waals surface area (Å²) in [5.41, 5.74) is 0. The van der Waals surface area contributed by atoms with E-state index in [-0.39, 0.29) is 0 Å². The summed E-state index contributed by atoms with van der Waals surface area (Å²) >= 11 is 0. The molecule has 1 aliphatic carbocycles. The van der Waals surface area contributed by atoms with Gasteiger partial charge in [0.05, 0.1) is 19.3 Å². The van der Waals surface area contributed by atoms with Gasteiger partial charge in [0, 0.05) is 19.1 Å². The van der Waals surface area contributed by atoms with Gasteiger partial charge in [0.25, 0.3) is 0 Å². The van der Waals surface area contributed by atoms with Crippen LogP contribution in [0.2, 0.25) is 0 Å². The highest BCUT2D eigenvalue weighted by molar-refractivity contribution is 4.83. The molecule has 1 heterocycles. The maximum Gasteiger partial charge on any atom is 0.0643 e. The zero-order chi connectivity index (χ0) is 8.39. The van der Waals surface area contributed by atoms with Crippen LogP contribution in [0.15, 0.2) is 0 Å². The minimum Gasteiger partial charge on any atom is -0.378 e. The second kappa shape index (κ2) is 3.73. The predicted molar refractivity (Wildman–Crippen MR) is 48.3 cm³/mol. The summed E-state index contributed by atoms with van der Waals surface area (Å²) in [6, 6.07) is 1.53. The first-order valence-corrected chi connectivity index (χ1v) is 4.87. The summed E-state index contributed by atoms with van der Waals surface area (Å²) in [7, 11) is 2.22. The molecule has 1 saturated carbocycles. The smallest absolute Gasteiger partial charge is 0.0643 e. The maximum absolute atomic E-state index is 5.08. The van der Waals surface area contributed by atoms with Crippen molar-refractivity contribution in [3.8, 4) is 0 Å². The summed E-state index contributed by atoms with van der Waals surface area (Å²) in [4.78, 5) is 2.45. The highest BCUT2D eigenvalue weighted by Gasteiger charge is 2.25. The molecule has 0 spiro atoms. The molecule has 0 atom stereocenters. The Balaban J connectivity index is 1.49. The molecule has 1 N–H and O–H groups in total. The molecule has 0 aromatic carbocycles. The lowest BCUT2D eigenvalue weighted by Crippen LogP contribution is -2.48. The molecule has 0 aromatic rings. The van der Waals surface area contributed by atoms with E-state index < -0.39 is 0 Å². The Bertz CT molecular complexity index is 143. The van der Waals surface area contributed by atoms with Crippen LogP contribution in [0.5, 0.6) is 0 Å². The van der Waals surface area contributed by atoms with Crippen LogP contribution in [-0.4, -0.2) is 50.3 Å². The molecule has 2 fully saturated rings. The summed E-state index contributed by atoms with van der Waals surface area (Å²) < 4.78 is 5.08. The Morgan fingerprint density at radius 2 is 2.17 bits per heavy atom. The van der Waals surface area contributed by atoms with E-state index in [0.717, 1.165) is 25.8 Å². The fourth-order valence-corrected chi connectivity index (χ4v) is 1.50. The zero-order valence-electron chi connectivity index (χ0n) is 7.75. The molecule has 2 rings (SSSR count). The lowest BCUT2D eigenvalue weighted by Gasteiger charge is -2.28. The maximum atomic E-state index is 5.08. The average Bonchev–Trinajstić information content (AvgIpc) is 2.75. The molecule has 0 radical (unpaired) electrons. The van der Waals surface area contributed by atoms with Gasteiger partial charge in [-0.3, -0.25) is 0 Å². The van der Waals surface area contributed by atoms with Crippen LogP contribution in [0, 0.1) is 0 Å². The van der Waals surface area contributed by atoms with Gasteiger partial charge in [0.1, 0.15) is 0 Å². The SMILES string of the molecule is CN(CCNC1COC1)C1CC1. The van der Waals surface area contributed by atoms with Gasteiger partial charge in [0.15, 0.2) is 0 Å². The standard InChI is InChI=1S/C9H18N2O/c1-11(9-2-3-9)5-4-10-8-6-12-7-8/h8-10H,2-7H2,1H3. The van der Waals surface area contributed by atoms with Gasteiger partial charge in [-0.15, -0.1) is 0 Å². The van der Waals surface area contributed by atoms with Crippen LogP contribution in [0.3, 0.4) is 0 Å². The van der Waals surface area contributed by atoms with E-state index in [2.05, 4.69) is 17.3 Å². The van der Waals surface area contributed by atoms with E-state index in [4.69, 9.17) is 4.74 Å². The van der Waals surface area contributed by atoms with Gasteiger partial charge in [-0.05, 0) is 19.9 Å². The van der Waals surface area contributed by atoms with Crippen LogP contribution < -0.4 is 5.32 Å². The lowest BCUT2D eigenvalue weighted by molar-refractivity contribution is -0.00553. The first-order chi connectivity index (χ1) is 5.86. The van der Waals surface area contributed by atoms with Crippen molar-refractivity contribution in [3.05, 3.63) is 0 Å². The fraction of sp³-hybridized carbons (Fsp3) is 1.00. The van der Waals surface area contributed by atoms with Crippen LogP contribution in [-0.2, 0) is 4.74 Å². The molecule has 70 valence electrons. The quantitative estimate of drug-likeness (QED) is 0.632. The first kappa shape index (κ1) is 8.48. The highest BCUT2D eigenvalue weighted by atomic mass is 16.5. The Kier molecular flexibility index (Phi) is 2.63. The van der Waals surface area contributed by atoms with Crippen molar-refractivity contribution in [2.75, 3.05) is 33.4 Å². The summed E-state index contributed by atoms with van der Waals surface area (Å²) in [5.74, 6) is 0. The van der Waals surface area contributed by atoms with Crippen LogP contribution in [0.25, 0.3) is 0 Å². The van der Waals surface area contributed by atoms with Crippen molar-refractivity contribution in [2.24, 2.45) is 0 Å². The molecule has 1 aliphatic heterocycles. The number of hydrogen-bond donors (Lipinski definition) is 1. The predicted octanol–water partition coefficient (Wildman–Crippen LogP) is 0.0690. The van der Waals surface area contributed by atoms with E-state index in [1.165, 1.54) is 19.4 Å². The molecule has 0 aromatic heterocycles. The van der Waals surface area contributed by atoms with Gasteiger partial charge < -0.3 is 15.0 Å². The van der Waals surface area contributed by atoms with Gasteiger partial charge in [-0.1, -0.05) is 0 Å². The Labute approximate surface area is 74.1 Å². The third kappa shape index (κ3) is 2.19. The number of hydrogen-bond acceptors (Lipinski definition) is 3. The molecule has 2 aliphatic rings. The normalized spacial score (nSPS) is 24.5. The van der Waals surface area contributed by atoms with E-state index in [0.29, 0.717) is 6.04 Å². The number of likely N-dealkylation sites (N-methyl/N-ethyl adjacent to an activating group) is 1. The largest absolute Gasteiger partial charge is 0.378 e. The number of nitrogens with one attached hydrogen (secondary N) is 1. The summed E-state index contributed by atoms with van der Waals surface area (Å²) in [6.45, 7) is 4.11. The molecule has 12 heavy (non-hydrogen) atoms. The number of ether oxygens (including phenoxy) is 1. The van der Waals surface area contributed by atoms with Gasteiger partial charge in [-0.25, -0.2) is 0 Å². The van der Waals surface area contributed by atoms with E-state index >= 15 is 0 Å². The topological polar surface area (TPSA) is 24.5 Å². The fourth-order valence-electron chi connectivity index (χ4n) is 1.50. The Hall–Kier alpha value is -0.120. The van der Waals surface area contributed by atoms with Crippen molar-refractivity contribution in [1.82, 2.24) is 10.2 Å².